The van der Waals surface area contributed by atoms with Gasteiger partial charge in [0, 0.05) is 47.4 Å². The normalized spacial score (nSPS) is 25.5. The first-order valence-corrected chi connectivity index (χ1v) is 23.3. The molecule has 1 amide bonds. The summed E-state index contributed by atoms with van der Waals surface area (Å²) in [6, 6.07) is -1.07. The number of ether oxygens (including phenoxy) is 5. The van der Waals surface area contributed by atoms with Gasteiger partial charge in [-0.2, -0.15) is 0 Å². The number of thioether (sulfide) groups is 1. The third-order valence-electron chi connectivity index (χ3n) is 13.3. The molecule has 0 aromatic heterocycles. The fraction of sp³-hybridized carbons (Fsp3) is 0.674. The molecule has 0 spiro atoms. The maximum atomic E-state index is 13.9. The molecule has 13 nitrogen and oxygen atoms in total. The summed E-state index contributed by atoms with van der Waals surface area (Å²) in [4.78, 5) is 44.3. The van der Waals surface area contributed by atoms with E-state index in [2.05, 4.69) is 17.1 Å². The van der Waals surface area contributed by atoms with E-state index in [1.165, 1.54) is 90.0 Å². The first kappa shape index (κ1) is 44.3. The van der Waals surface area contributed by atoms with E-state index < -0.39 is 47.6 Å². The number of aromatic hydroxyl groups is 1. The molecule has 1 unspecified atom stereocenters. The minimum absolute atomic E-state index is 0.0455. The number of rotatable bonds is 17. The van der Waals surface area contributed by atoms with Gasteiger partial charge in [0.2, 0.25) is 12.7 Å². The summed E-state index contributed by atoms with van der Waals surface area (Å²) in [5.74, 6) is 0.533. The molecule has 60 heavy (non-hydrogen) atoms. The van der Waals surface area contributed by atoms with Gasteiger partial charge in [-0.25, -0.2) is 4.79 Å². The van der Waals surface area contributed by atoms with Crippen molar-refractivity contribution >= 4 is 29.6 Å². The Kier molecular flexibility index (Phi) is 14.4. The summed E-state index contributed by atoms with van der Waals surface area (Å²) in [6.07, 6.45) is 15.5. The molecule has 330 valence electrons. The van der Waals surface area contributed by atoms with Crippen LogP contribution >= 0.6 is 11.8 Å². The molecule has 6 heterocycles. The summed E-state index contributed by atoms with van der Waals surface area (Å²) < 4.78 is 30.0. The number of piperazine rings is 1. The maximum Gasteiger partial charge on any atom is 0.329 e. The summed E-state index contributed by atoms with van der Waals surface area (Å²) in [7, 11) is 3.50. The first-order chi connectivity index (χ1) is 29.0. The van der Waals surface area contributed by atoms with Crippen molar-refractivity contribution in [3.8, 4) is 28.7 Å². The molecule has 0 saturated carbocycles. The van der Waals surface area contributed by atoms with E-state index >= 15 is 0 Å². The van der Waals surface area contributed by atoms with Crippen LogP contribution in [0.2, 0.25) is 0 Å². The van der Waals surface area contributed by atoms with Gasteiger partial charge in [0.05, 0.1) is 30.5 Å². The smallest absolute Gasteiger partial charge is 0.329 e. The third kappa shape index (κ3) is 8.67. The number of phenols is 1. The number of hydrogen-bond donors (Lipinski definition) is 3. The van der Waals surface area contributed by atoms with Crippen molar-refractivity contribution in [2.24, 2.45) is 0 Å². The van der Waals surface area contributed by atoms with Crippen molar-refractivity contribution in [2.75, 3.05) is 33.3 Å². The van der Waals surface area contributed by atoms with Crippen LogP contribution in [0.3, 0.4) is 0 Å². The number of nitrogens with zero attached hydrogens (tertiary/aromatic N) is 2. The Morgan fingerprint density at radius 3 is 2.22 bits per heavy atom. The van der Waals surface area contributed by atoms with Crippen molar-refractivity contribution in [3.05, 3.63) is 39.4 Å². The second-order valence-electron chi connectivity index (χ2n) is 17.3. The van der Waals surface area contributed by atoms with Crippen LogP contribution in [0.5, 0.6) is 28.7 Å². The van der Waals surface area contributed by atoms with Gasteiger partial charge in [0.25, 0.3) is 0 Å². The van der Waals surface area contributed by atoms with Gasteiger partial charge in [0.1, 0.15) is 24.6 Å². The highest BCUT2D eigenvalue weighted by Crippen LogP contribution is 2.64. The number of methoxy groups -OCH3 is 1. The molecular formula is C46H65N3O10S. The SMILES string of the molecule is CCCCCCCCCCCCCCCC(=O)N[C@H]1CS[C@@H]2c3c(OC(C)=O)c(C)c4c(c3[C@@H](COC1=O)N1C2[C@H]2c3c(cc(C)c(OC)c3O)C[C@@H]([C@@H]1O)N2C)OCO4. The minimum atomic E-state index is -1.03. The second-order valence-corrected chi connectivity index (χ2v) is 18.5. The Hall–Kier alpha value is -3.72. The number of hydrogen-bond acceptors (Lipinski definition) is 13. The van der Waals surface area contributed by atoms with Crippen LogP contribution in [-0.2, 0) is 25.5 Å². The maximum absolute atomic E-state index is 13.9. The number of phenolic OH excluding ortho intramolecular Hbond substituents is 1. The fourth-order valence-electron chi connectivity index (χ4n) is 10.4. The number of fused-ring (bicyclic) bond motifs is 10. The van der Waals surface area contributed by atoms with Crippen LogP contribution in [0.1, 0.15) is 154 Å². The predicted molar refractivity (Wildman–Crippen MR) is 229 cm³/mol. The largest absolute Gasteiger partial charge is 0.504 e. The van der Waals surface area contributed by atoms with Crippen molar-refractivity contribution in [1.82, 2.24) is 15.1 Å². The molecule has 2 aromatic rings. The molecule has 2 fully saturated rings. The van der Waals surface area contributed by atoms with Gasteiger partial charge < -0.3 is 39.2 Å². The van der Waals surface area contributed by atoms with Crippen molar-refractivity contribution in [2.45, 2.75) is 166 Å². The molecule has 2 aromatic carbocycles. The highest BCUT2D eigenvalue weighted by atomic mass is 32.2. The fourth-order valence-corrected chi connectivity index (χ4v) is 12.0. The zero-order valence-electron chi connectivity index (χ0n) is 36.3. The number of nitrogens with one attached hydrogen (secondary N) is 1. The van der Waals surface area contributed by atoms with E-state index in [1.54, 1.807) is 0 Å². The van der Waals surface area contributed by atoms with E-state index in [1.807, 2.05) is 31.9 Å². The first-order valence-electron chi connectivity index (χ1n) is 22.3. The Labute approximate surface area is 359 Å². The van der Waals surface area contributed by atoms with E-state index in [0.717, 1.165) is 30.4 Å². The number of esters is 2. The summed E-state index contributed by atoms with van der Waals surface area (Å²) in [5, 5.41) is 26.9. The van der Waals surface area contributed by atoms with Crippen LogP contribution in [0.25, 0.3) is 0 Å². The molecule has 4 bridgehead atoms. The quantitative estimate of drug-likeness (QED) is 0.0813. The van der Waals surface area contributed by atoms with Gasteiger partial charge in [-0.1, -0.05) is 90.0 Å². The van der Waals surface area contributed by atoms with Gasteiger partial charge in [0.15, 0.2) is 23.0 Å². The zero-order valence-corrected chi connectivity index (χ0v) is 37.1. The van der Waals surface area contributed by atoms with Crippen LogP contribution in [0.4, 0.5) is 0 Å². The number of amides is 1. The van der Waals surface area contributed by atoms with Gasteiger partial charge in [-0.3, -0.25) is 19.4 Å². The van der Waals surface area contributed by atoms with Crippen molar-refractivity contribution in [3.63, 3.8) is 0 Å². The number of aliphatic hydroxyl groups excluding tert-OH is 1. The van der Waals surface area contributed by atoms with Crippen LogP contribution < -0.4 is 24.3 Å². The monoisotopic (exact) mass is 851 g/mol. The van der Waals surface area contributed by atoms with E-state index in [0.29, 0.717) is 58.1 Å². The lowest BCUT2D eigenvalue weighted by Gasteiger charge is -2.62. The lowest BCUT2D eigenvalue weighted by molar-refractivity contribution is -0.184. The average Bonchev–Trinajstić information content (AvgIpc) is 3.71. The number of likely N-dealkylation sites (N-methyl/N-ethyl adjacent to an activating group) is 1. The van der Waals surface area contributed by atoms with Crippen LogP contribution in [0.15, 0.2) is 6.07 Å². The van der Waals surface area contributed by atoms with E-state index in [-0.39, 0.29) is 36.9 Å². The van der Waals surface area contributed by atoms with Crippen molar-refractivity contribution in [1.29, 1.82) is 0 Å². The molecule has 7 atom stereocenters. The van der Waals surface area contributed by atoms with Crippen LogP contribution in [-0.4, -0.2) is 95.5 Å². The predicted octanol–water partition coefficient (Wildman–Crippen LogP) is 7.62. The zero-order chi connectivity index (χ0) is 42.7. The molecule has 0 aliphatic carbocycles. The lowest BCUT2D eigenvalue weighted by atomic mass is 9.73. The molecule has 0 radical (unpaired) electrons. The van der Waals surface area contributed by atoms with Gasteiger partial charge >= 0.3 is 11.9 Å². The minimum Gasteiger partial charge on any atom is -0.504 e. The summed E-state index contributed by atoms with van der Waals surface area (Å²) in [6.45, 7) is 7.09. The van der Waals surface area contributed by atoms with Crippen molar-refractivity contribution < 1.29 is 48.3 Å². The molecular weight excluding hydrogens is 787 g/mol. The Morgan fingerprint density at radius 2 is 1.57 bits per heavy atom. The second kappa shape index (κ2) is 19.5. The van der Waals surface area contributed by atoms with E-state index in [9.17, 15) is 24.6 Å². The number of aryl methyl sites for hydroxylation is 1. The number of benzene rings is 2. The van der Waals surface area contributed by atoms with Crippen LogP contribution in [0, 0.1) is 13.8 Å². The molecule has 3 N–H and O–H groups in total. The standard InChI is InChI=1S/C46H65N3O10S/c1-7-8-9-10-11-12-13-14-15-16-17-18-19-20-33(51)47-30-24-60-44-36-35(43-42(57-25-58-43)27(3)41(36)59-28(4)50)32(23-56-46(30)54)49-38(44)37-34-29(22-31(45(49)53)48(37)5)21-26(2)40(55-6)39(34)52/h21,30-32,37-38,44-45,52-53H,7-20,22-25H2,1-6H3,(H,47,51)/t30-,31-,32+,37+,38?,44+,45-/m0/s1. The highest BCUT2D eigenvalue weighted by Gasteiger charge is 2.60. The molecule has 8 rings (SSSR count). The number of aliphatic hydroxyl groups is 1. The Morgan fingerprint density at radius 1 is 0.917 bits per heavy atom. The molecule has 6 aliphatic heterocycles. The van der Waals surface area contributed by atoms with E-state index in [4.69, 9.17) is 23.7 Å². The third-order valence-corrected chi connectivity index (χ3v) is 14.7. The lowest BCUT2D eigenvalue weighted by Crippen LogP contribution is -2.69. The summed E-state index contributed by atoms with van der Waals surface area (Å²) >= 11 is 1.43. The average molecular weight is 852 g/mol. The number of carbonyl (C=O) groups excluding carboxylic acids is 3. The molecule has 14 heteroatoms. The van der Waals surface area contributed by atoms with Gasteiger partial charge in [-0.15, -0.1) is 11.8 Å². The topological polar surface area (TPSA) is 156 Å². The highest BCUT2D eigenvalue weighted by molar-refractivity contribution is 7.99. The summed E-state index contributed by atoms with van der Waals surface area (Å²) in [5.41, 5.74) is 4.32. The molecule has 2 saturated heterocycles. The number of carbonyl (C=O) groups is 3. The molecule has 6 aliphatic rings. The van der Waals surface area contributed by atoms with Gasteiger partial charge in [-0.05, 0) is 44.9 Å². The number of unbranched alkanes of at least 4 members (excludes halogenated alkanes) is 12. The Bertz CT molecular complexity index is 1910. The Balaban J connectivity index is 1.14.